The van der Waals surface area contributed by atoms with Crippen LogP contribution in [-0.4, -0.2) is 43.6 Å². The van der Waals surface area contributed by atoms with Crippen LogP contribution in [0.2, 0.25) is 0 Å². The third-order valence-corrected chi connectivity index (χ3v) is 7.66. The minimum Gasteiger partial charge on any atom is -0.462 e. The summed E-state index contributed by atoms with van der Waals surface area (Å²) in [6, 6.07) is 4.04. The van der Waals surface area contributed by atoms with Crippen LogP contribution in [0.15, 0.2) is 36.1 Å². The molecular weight excluding hydrogens is 458 g/mol. The number of nitrogens with zero attached hydrogens (tertiary/aromatic N) is 4. The maximum atomic E-state index is 12.8. The maximum Gasteiger partial charge on any atom is 0.341 e. The fourth-order valence-electron chi connectivity index (χ4n) is 3.92. The molecule has 0 saturated heterocycles. The smallest absolute Gasteiger partial charge is 0.341 e. The van der Waals surface area contributed by atoms with Gasteiger partial charge in [-0.1, -0.05) is 17.8 Å². The first-order valence-electron chi connectivity index (χ1n) is 10.9. The Kier molecular flexibility index (Phi) is 7.34. The fourth-order valence-corrected chi connectivity index (χ4v) is 5.98. The molecule has 10 heteroatoms. The Labute approximate surface area is 201 Å². The number of aryl methyl sites for hydroxylation is 2. The molecular formula is C23H27N5O3S2. The normalized spacial score (nSPS) is 12.5. The van der Waals surface area contributed by atoms with Crippen molar-refractivity contribution in [3.8, 4) is 0 Å². The van der Waals surface area contributed by atoms with Crippen molar-refractivity contribution in [2.75, 3.05) is 17.7 Å². The van der Waals surface area contributed by atoms with Crippen molar-refractivity contribution in [2.24, 2.45) is 7.05 Å². The predicted octanol–water partition coefficient (Wildman–Crippen LogP) is 3.85. The second kappa shape index (κ2) is 10.4. The first-order valence-corrected chi connectivity index (χ1v) is 12.7. The number of hydrogen-bond donors (Lipinski definition) is 1. The summed E-state index contributed by atoms with van der Waals surface area (Å²) in [4.78, 5) is 26.4. The molecule has 174 valence electrons. The molecule has 33 heavy (non-hydrogen) atoms. The van der Waals surface area contributed by atoms with E-state index in [1.807, 2.05) is 34.5 Å². The van der Waals surface area contributed by atoms with E-state index in [2.05, 4.69) is 22.1 Å². The lowest BCUT2D eigenvalue weighted by Crippen LogP contribution is -2.17. The molecule has 3 aromatic rings. The third kappa shape index (κ3) is 5.06. The summed E-state index contributed by atoms with van der Waals surface area (Å²) >= 11 is 2.80. The number of aromatic nitrogens is 4. The molecule has 0 bridgehead atoms. The van der Waals surface area contributed by atoms with Gasteiger partial charge in [-0.25, -0.2) is 4.79 Å². The van der Waals surface area contributed by atoms with E-state index >= 15 is 0 Å². The van der Waals surface area contributed by atoms with Gasteiger partial charge in [0.2, 0.25) is 5.91 Å². The van der Waals surface area contributed by atoms with Crippen molar-refractivity contribution in [1.29, 1.82) is 0 Å². The number of ether oxygens (including phenoxy) is 1. The molecule has 1 aliphatic rings. The lowest BCUT2D eigenvalue weighted by Gasteiger charge is -2.09. The Bertz CT molecular complexity index is 1180. The molecule has 0 unspecified atom stereocenters. The van der Waals surface area contributed by atoms with E-state index in [4.69, 9.17) is 4.74 Å². The Balaban J connectivity index is 1.45. The number of fused-ring (bicyclic) bond motifs is 1. The predicted molar refractivity (Wildman–Crippen MR) is 130 cm³/mol. The highest BCUT2D eigenvalue weighted by molar-refractivity contribution is 7.99. The number of hydrogen-bond acceptors (Lipinski definition) is 7. The molecule has 0 fully saturated rings. The molecule has 1 N–H and O–H groups in total. The van der Waals surface area contributed by atoms with Gasteiger partial charge < -0.3 is 19.2 Å². The molecule has 0 spiro atoms. The first kappa shape index (κ1) is 23.3. The topological polar surface area (TPSA) is 91.0 Å². The lowest BCUT2D eigenvalue weighted by atomic mass is 10.1. The van der Waals surface area contributed by atoms with Gasteiger partial charge in [-0.3, -0.25) is 4.79 Å². The molecule has 1 amide bonds. The summed E-state index contributed by atoms with van der Waals surface area (Å²) in [7, 11) is 1.99. The van der Waals surface area contributed by atoms with Crippen molar-refractivity contribution in [2.45, 2.75) is 44.3 Å². The van der Waals surface area contributed by atoms with Crippen molar-refractivity contribution < 1.29 is 14.3 Å². The van der Waals surface area contributed by atoms with Gasteiger partial charge in [0.05, 0.1) is 17.9 Å². The minimum absolute atomic E-state index is 0.157. The van der Waals surface area contributed by atoms with E-state index in [0.29, 0.717) is 35.3 Å². The summed E-state index contributed by atoms with van der Waals surface area (Å²) in [6.45, 7) is 6.48. The van der Waals surface area contributed by atoms with Gasteiger partial charge in [-0.15, -0.1) is 28.1 Å². The van der Waals surface area contributed by atoms with Crippen LogP contribution >= 0.6 is 23.1 Å². The number of esters is 1. The van der Waals surface area contributed by atoms with E-state index in [0.717, 1.165) is 41.2 Å². The van der Waals surface area contributed by atoms with Crippen LogP contribution in [0.3, 0.4) is 0 Å². The van der Waals surface area contributed by atoms with Crippen LogP contribution in [0.5, 0.6) is 0 Å². The number of rotatable bonds is 10. The number of allylic oxidation sites excluding steroid dienone is 1. The number of amides is 1. The monoisotopic (exact) mass is 485 g/mol. The zero-order chi connectivity index (χ0) is 23.4. The molecule has 8 nitrogen and oxygen atoms in total. The number of thioether (sulfide) groups is 1. The van der Waals surface area contributed by atoms with Crippen LogP contribution in [0.1, 0.15) is 45.7 Å². The quantitative estimate of drug-likeness (QED) is 0.266. The standard InChI is InChI=1S/C23H27N5O3S2/c1-4-11-28-18(13-15-8-7-12-27(15)3)25-26-23(28)32-14-19(29)24-21-20(22(30)31-5-2)16-9-6-10-17(16)33-21/h4,7-8,12H,1,5-6,9-11,13-14H2,2-3H3,(H,24,29). The van der Waals surface area contributed by atoms with Gasteiger partial charge in [-0.2, -0.15) is 0 Å². The zero-order valence-electron chi connectivity index (χ0n) is 18.8. The highest BCUT2D eigenvalue weighted by Crippen LogP contribution is 2.39. The Hall–Kier alpha value is -2.85. The van der Waals surface area contributed by atoms with Crippen LogP contribution in [0.4, 0.5) is 5.00 Å². The van der Waals surface area contributed by atoms with E-state index in [1.165, 1.54) is 23.1 Å². The molecule has 0 saturated carbocycles. The Morgan fingerprint density at radius 3 is 2.94 bits per heavy atom. The molecule has 4 rings (SSSR count). The maximum absolute atomic E-state index is 12.8. The highest BCUT2D eigenvalue weighted by Gasteiger charge is 2.28. The molecule has 0 radical (unpaired) electrons. The van der Waals surface area contributed by atoms with E-state index in [9.17, 15) is 9.59 Å². The largest absolute Gasteiger partial charge is 0.462 e. The average molecular weight is 486 g/mol. The van der Waals surface area contributed by atoms with E-state index in [1.54, 1.807) is 13.0 Å². The van der Waals surface area contributed by atoms with Crippen LogP contribution in [0.25, 0.3) is 0 Å². The number of thiophene rings is 1. The van der Waals surface area contributed by atoms with Crippen molar-refractivity contribution in [1.82, 2.24) is 19.3 Å². The second-order valence-electron chi connectivity index (χ2n) is 7.70. The number of carbonyl (C=O) groups excluding carboxylic acids is 2. The summed E-state index contributed by atoms with van der Waals surface area (Å²) in [5, 5.41) is 12.8. The minimum atomic E-state index is -0.365. The Morgan fingerprint density at radius 1 is 1.36 bits per heavy atom. The molecule has 0 aliphatic heterocycles. The van der Waals surface area contributed by atoms with Crippen molar-refractivity contribution in [3.05, 3.63) is 58.5 Å². The summed E-state index contributed by atoms with van der Waals surface area (Å²) in [5.41, 5.74) is 2.67. The highest BCUT2D eigenvalue weighted by atomic mass is 32.2. The van der Waals surface area contributed by atoms with Gasteiger partial charge in [0, 0.05) is 36.8 Å². The van der Waals surface area contributed by atoms with Crippen molar-refractivity contribution >= 4 is 40.0 Å². The molecule has 3 aromatic heterocycles. The average Bonchev–Trinajstić information content (AvgIpc) is 3.54. The SMILES string of the molecule is C=CCn1c(Cc2cccn2C)nnc1SCC(=O)Nc1sc2c(c1C(=O)OCC)CCC2. The van der Waals surface area contributed by atoms with Crippen LogP contribution in [-0.2, 0) is 42.4 Å². The van der Waals surface area contributed by atoms with E-state index < -0.39 is 0 Å². The molecule has 3 heterocycles. The van der Waals surface area contributed by atoms with Gasteiger partial charge in [0.25, 0.3) is 0 Å². The van der Waals surface area contributed by atoms with Gasteiger partial charge in [-0.05, 0) is 43.9 Å². The molecule has 0 aromatic carbocycles. The van der Waals surface area contributed by atoms with Crippen LogP contribution in [0, 0.1) is 0 Å². The number of anilines is 1. The number of carbonyl (C=O) groups is 2. The summed E-state index contributed by atoms with van der Waals surface area (Å²) < 4.78 is 9.26. The third-order valence-electron chi connectivity index (χ3n) is 5.48. The first-order chi connectivity index (χ1) is 16.0. The Morgan fingerprint density at radius 2 is 2.21 bits per heavy atom. The van der Waals surface area contributed by atoms with Gasteiger partial charge >= 0.3 is 5.97 Å². The molecule has 0 atom stereocenters. The molecule has 1 aliphatic carbocycles. The lowest BCUT2D eigenvalue weighted by molar-refractivity contribution is -0.113. The second-order valence-corrected chi connectivity index (χ2v) is 9.75. The number of nitrogens with one attached hydrogen (secondary N) is 1. The van der Waals surface area contributed by atoms with Gasteiger partial charge in [0.1, 0.15) is 10.8 Å². The summed E-state index contributed by atoms with van der Waals surface area (Å²) in [6.07, 6.45) is 7.24. The zero-order valence-corrected chi connectivity index (χ0v) is 20.4. The van der Waals surface area contributed by atoms with Crippen LogP contribution < -0.4 is 5.32 Å². The van der Waals surface area contributed by atoms with Gasteiger partial charge in [0.15, 0.2) is 5.16 Å². The fraction of sp³-hybridized carbons (Fsp3) is 0.391. The van der Waals surface area contributed by atoms with E-state index in [-0.39, 0.29) is 17.6 Å². The summed E-state index contributed by atoms with van der Waals surface area (Å²) in [5.74, 6) is 0.418. The van der Waals surface area contributed by atoms with Crippen molar-refractivity contribution in [3.63, 3.8) is 0 Å².